The first-order valence-electron chi connectivity index (χ1n) is 11.2. The summed E-state index contributed by atoms with van der Waals surface area (Å²) in [6.07, 6.45) is 8.83. The minimum absolute atomic E-state index is 0.0579. The zero-order valence-electron chi connectivity index (χ0n) is 18.2. The summed E-state index contributed by atoms with van der Waals surface area (Å²) in [6, 6.07) is 16.0. The fourth-order valence-electron chi connectivity index (χ4n) is 4.34. The van der Waals surface area contributed by atoms with E-state index >= 15 is 0 Å². The van der Waals surface area contributed by atoms with E-state index in [9.17, 15) is 4.79 Å². The predicted octanol–water partition coefficient (Wildman–Crippen LogP) is 6.13. The van der Waals surface area contributed by atoms with E-state index in [2.05, 4.69) is 12.2 Å². The predicted molar refractivity (Wildman–Crippen MR) is 128 cm³/mol. The number of fused-ring (bicyclic) bond motifs is 1. The Hall–Kier alpha value is -2.20. The molecule has 2 unspecified atom stereocenters. The Morgan fingerprint density at radius 3 is 2.63 bits per heavy atom. The molecule has 0 heterocycles. The number of hydrogen-bond donors (Lipinski definition) is 1. The normalized spacial score (nSPS) is 16.6. The lowest BCUT2D eigenvalue weighted by Gasteiger charge is -2.32. The van der Waals surface area contributed by atoms with Crippen LogP contribution in [0.5, 0.6) is 5.75 Å². The quantitative estimate of drug-likeness (QED) is 0.368. The number of rotatable bonds is 10. The van der Waals surface area contributed by atoms with Crippen LogP contribution in [-0.4, -0.2) is 23.9 Å². The minimum atomic E-state index is -0.0579. The summed E-state index contributed by atoms with van der Waals surface area (Å²) in [6.45, 7) is 2.23. The molecular formula is C26H33NO2S. The second kappa shape index (κ2) is 11.3. The zero-order chi connectivity index (χ0) is 21.3. The Morgan fingerprint density at radius 2 is 1.90 bits per heavy atom. The molecule has 1 aliphatic carbocycles. The molecule has 2 aromatic rings. The van der Waals surface area contributed by atoms with Crippen molar-refractivity contribution in [3.63, 3.8) is 0 Å². The fraction of sp³-hybridized carbons (Fsp3) is 0.462. The van der Waals surface area contributed by atoms with Gasteiger partial charge in [-0.15, -0.1) is 0 Å². The van der Waals surface area contributed by atoms with Crippen molar-refractivity contribution in [1.82, 2.24) is 5.32 Å². The lowest BCUT2D eigenvalue weighted by atomic mass is 9.77. The average molecular weight is 424 g/mol. The van der Waals surface area contributed by atoms with Crippen LogP contribution in [0, 0.1) is 5.92 Å². The van der Waals surface area contributed by atoms with Crippen LogP contribution < -0.4 is 10.1 Å². The van der Waals surface area contributed by atoms with E-state index in [1.165, 1.54) is 25.7 Å². The van der Waals surface area contributed by atoms with Crippen molar-refractivity contribution < 1.29 is 9.53 Å². The second-order valence-electron chi connectivity index (χ2n) is 8.18. The Morgan fingerprint density at radius 1 is 1.13 bits per heavy atom. The molecule has 0 spiro atoms. The van der Waals surface area contributed by atoms with Gasteiger partial charge in [0.05, 0.1) is 7.11 Å². The third-order valence-corrected chi connectivity index (χ3v) is 6.45. The van der Waals surface area contributed by atoms with Gasteiger partial charge in [-0.05, 0) is 37.0 Å². The first kappa shape index (κ1) is 22.5. The average Bonchev–Trinajstić information content (AvgIpc) is 2.79. The highest BCUT2D eigenvalue weighted by atomic mass is 32.1. The number of Topliss-reactive ketones (excluding diaryl/α,β-unsaturated/α-hetero) is 1. The molecular weight excluding hydrogens is 390 g/mol. The molecule has 0 saturated heterocycles. The number of aryl methyl sites for hydroxylation is 1. The maximum atomic E-state index is 13.4. The first-order valence-corrected chi connectivity index (χ1v) is 11.6. The smallest absolute Gasteiger partial charge is 0.168 e. The number of nitrogens with one attached hydrogen (secondary N) is 1. The molecule has 30 heavy (non-hydrogen) atoms. The Labute approximate surface area is 186 Å². The highest BCUT2D eigenvalue weighted by Crippen LogP contribution is 2.32. The molecule has 0 fully saturated rings. The summed E-state index contributed by atoms with van der Waals surface area (Å²) in [4.78, 5) is 14.2. The maximum Gasteiger partial charge on any atom is 0.168 e. The molecule has 3 rings (SSSR count). The molecule has 0 bridgehead atoms. The summed E-state index contributed by atoms with van der Waals surface area (Å²) in [7, 11) is 1.64. The number of ketones is 1. The monoisotopic (exact) mass is 423 g/mol. The van der Waals surface area contributed by atoms with E-state index < -0.39 is 0 Å². The lowest BCUT2D eigenvalue weighted by Crippen LogP contribution is -2.44. The molecule has 0 aliphatic heterocycles. The Balaban J connectivity index is 1.76. The van der Waals surface area contributed by atoms with Gasteiger partial charge in [0.2, 0.25) is 0 Å². The first-order chi connectivity index (χ1) is 14.6. The topological polar surface area (TPSA) is 38.3 Å². The largest absolute Gasteiger partial charge is 0.497 e. The SMILES string of the molecule is CCCCCCCC(NC(=S)c1ccccc1)C1CCc2ccc(OC)cc2C1=O. The molecule has 2 atom stereocenters. The highest BCUT2D eigenvalue weighted by Gasteiger charge is 2.34. The van der Waals surface area contributed by atoms with E-state index in [1.807, 2.05) is 48.5 Å². The van der Waals surface area contributed by atoms with E-state index in [0.29, 0.717) is 0 Å². The van der Waals surface area contributed by atoms with Crippen LogP contribution in [0.25, 0.3) is 0 Å². The molecule has 4 heteroatoms. The van der Waals surface area contributed by atoms with Crippen molar-refractivity contribution in [1.29, 1.82) is 0 Å². The number of carbonyl (C=O) groups excluding carboxylic acids is 1. The number of thiocarbonyl (C=S) groups is 1. The van der Waals surface area contributed by atoms with Crippen molar-refractivity contribution in [2.45, 2.75) is 64.3 Å². The van der Waals surface area contributed by atoms with Crippen molar-refractivity contribution in [2.24, 2.45) is 5.92 Å². The summed E-state index contributed by atoms with van der Waals surface area (Å²) >= 11 is 5.70. The number of carbonyl (C=O) groups is 1. The number of methoxy groups -OCH3 is 1. The summed E-state index contributed by atoms with van der Waals surface area (Å²) in [5.74, 6) is 0.904. The van der Waals surface area contributed by atoms with Crippen LogP contribution in [0.3, 0.4) is 0 Å². The van der Waals surface area contributed by atoms with Gasteiger partial charge < -0.3 is 10.1 Å². The van der Waals surface area contributed by atoms with E-state index in [0.717, 1.165) is 53.1 Å². The molecule has 0 aromatic heterocycles. The molecule has 1 N–H and O–H groups in total. The van der Waals surface area contributed by atoms with Crippen LogP contribution >= 0.6 is 12.2 Å². The highest BCUT2D eigenvalue weighted by molar-refractivity contribution is 7.80. The summed E-state index contributed by atoms with van der Waals surface area (Å²) < 4.78 is 5.36. The van der Waals surface area contributed by atoms with Crippen molar-refractivity contribution in [2.75, 3.05) is 7.11 Å². The molecule has 160 valence electrons. The number of benzene rings is 2. The number of ether oxygens (including phenoxy) is 1. The lowest BCUT2D eigenvalue weighted by molar-refractivity contribution is 0.0870. The molecule has 0 saturated carbocycles. The van der Waals surface area contributed by atoms with Crippen molar-refractivity contribution in [3.05, 3.63) is 65.2 Å². The van der Waals surface area contributed by atoms with Gasteiger partial charge in [0, 0.05) is 23.1 Å². The van der Waals surface area contributed by atoms with Gasteiger partial charge in [0.15, 0.2) is 5.78 Å². The summed E-state index contributed by atoms with van der Waals surface area (Å²) in [5, 5.41) is 3.56. The zero-order valence-corrected chi connectivity index (χ0v) is 19.0. The van der Waals surface area contributed by atoms with Crippen LogP contribution in [0.2, 0.25) is 0 Å². The van der Waals surface area contributed by atoms with Gasteiger partial charge in [0.25, 0.3) is 0 Å². The molecule has 0 radical (unpaired) electrons. The standard InChI is InChI=1S/C26H33NO2S/c1-3-4-5-6-10-13-24(27-26(30)20-11-8-7-9-12-20)22-17-15-19-14-16-21(29-2)18-23(19)25(22)28/h7-9,11-12,14,16,18,22,24H,3-6,10,13,15,17H2,1-2H3,(H,27,30). The Bertz CT molecular complexity index is 849. The Kier molecular flexibility index (Phi) is 8.44. The molecule has 1 aliphatic rings. The van der Waals surface area contributed by atoms with Crippen LogP contribution in [0.15, 0.2) is 48.5 Å². The van der Waals surface area contributed by atoms with Crippen LogP contribution in [-0.2, 0) is 6.42 Å². The van der Waals surface area contributed by atoms with Gasteiger partial charge >= 0.3 is 0 Å². The number of hydrogen-bond acceptors (Lipinski definition) is 3. The van der Waals surface area contributed by atoms with Gasteiger partial charge in [0.1, 0.15) is 10.7 Å². The third-order valence-electron chi connectivity index (χ3n) is 6.10. The maximum absolute atomic E-state index is 13.4. The van der Waals surface area contributed by atoms with Crippen molar-refractivity contribution in [3.8, 4) is 5.75 Å². The number of unbranched alkanes of at least 4 members (excludes halogenated alkanes) is 4. The van der Waals surface area contributed by atoms with Crippen molar-refractivity contribution >= 4 is 23.0 Å². The van der Waals surface area contributed by atoms with Crippen LogP contribution in [0.1, 0.15) is 73.4 Å². The van der Waals surface area contributed by atoms with E-state index in [-0.39, 0.29) is 17.7 Å². The molecule has 3 nitrogen and oxygen atoms in total. The summed E-state index contributed by atoms with van der Waals surface area (Å²) in [5.41, 5.74) is 2.95. The fourth-order valence-corrected chi connectivity index (χ4v) is 4.63. The van der Waals surface area contributed by atoms with E-state index in [4.69, 9.17) is 17.0 Å². The molecule has 2 aromatic carbocycles. The third kappa shape index (κ3) is 5.69. The second-order valence-corrected chi connectivity index (χ2v) is 8.59. The van der Waals surface area contributed by atoms with Gasteiger partial charge in [-0.2, -0.15) is 0 Å². The molecule has 0 amide bonds. The van der Waals surface area contributed by atoms with Gasteiger partial charge in [-0.25, -0.2) is 0 Å². The minimum Gasteiger partial charge on any atom is -0.497 e. The van der Waals surface area contributed by atoms with Gasteiger partial charge in [-0.1, -0.05) is 87.6 Å². The van der Waals surface area contributed by atoms with E-state index in [1.54, 1.807) is 7.11 Å². The van der Waals surface area contributed by atoms with Crippen LogP contribution in [0.4, 0.5) is 0 Å². The van der Waals surface area contributed by atoms with Gasteiger partial charge in [-0.3, -0.25) is 4.79 Å².